The molecule has 1 aliphatic rings. The minimum absolute atomic E-state index is 0.248. The van der Waals surface area contributed by atoms with E-state index in [1.165, 1.54) is 18.4 Å². The van der Waals surface area contributed by atoms with Crippen LogP contribution < -0.4 is 5.73 Å². The van der Waals surface area contributed by atoms with E-state index in [1.54, 1.807) is 0 Å². The molecule has 0 bridgehead atoms. The number of nitrogens with two attached hydrogens (primary N) is 1. The maximum atomic E-state index is 5.97. The van der Waals surface area contributed by atoms with Crippen molar-refractivity contribution in [2.75, 3.05) is 0 Å². The summed E-state index contributed by atoms with van der Waals surface area (Å²) in [7, 11) is 0. The molecule has 1 heterocycles. The normalized spacial score (nSPS) is 20.2. The Kier molecular flexibility index (Phi) is 1.77. The van der Waals surface area contributed by atoms with Crippen molar-refractivity contribution in [1.29, 1.82) is 0 Å². The Morgan fingerprint density at radius 1 is 1.64 bits per heavy atom. The van der Waals surface area contributed by atoms with Crippen LogP contribution in [0, 0.1) is 5.92 Å². The van der Waals surface area contributed by atoms with Gasteiger partial charge in [-0.25, -0.2) is 0 Å². The third-order valence-corrected chi connectivity index (χ3v) is 2.64. The quantitative estimate of drug-likeness (QED) is 0.779. The lowest BCUT2D eigenvalue weighted by Gasteiger charge is -2.05. The van der Waals surface area contributed by atoms with Crippen molar-refractivity contribution in [3.8, 4) is 0 Å². The first kappa shape index (κ1) is 7.37. The molecule has 3 N–H and O–H groups in total. The molecule has 3 heteroatoms. The lowest BCUT2D eigenvalue weighted by Crippen LogP contribution is -2.10. The van der Waals surface area contributed by atoms with Crippen LogP contribution in [0.2, 0.25) is 0 Å². The SMILES string of the molecule is N[C@@H](c1c[nH]c(Br)c1)C1CC1. The predicted octanol–water partition coefficient (Wildman–Crippen LogP) is 2.19. The zero-order valence-electron chi connectivity index (χ0n) is 6.18. The predicted molar refractivity (Wildman–Crippen MR) is 48.1 cm³/mol. The van der Waals surface area contributed by atoms with Gasteiger partial charge < -0.3 is 10.7 Å². The van der Waals surface area contributed by atoms with Gasteiger partial charge in [0.1, 0.15) is 0 Å². The van der Waals surface area contributed by atoms with Crippen LogP contribution in [0.5, 0.6) is 0 Å². The van der Waals surface area contributed by atoms with Gasteiger partial charge in [-0.1, -0.05) is 0 Å². The van der Waals surface area contributed by atoms with E-state index in [9.17, 15) is 0 Å². The Hall–Kier alpha value is -0.280. The molecule has 0 aromatic carbocycles. The zero-order valence-corrected chi connectivity index (χ0v) is 7.76. The summed E-state index contributed by atoms with van der Waals surface area (Å²) in [6, 6.07) is 2.31. The summed E-state index contributed by atoms with van der Waals surface area (Å²) in [6.07, 6.45) is 4.57. The van der Waals surface area contributed by atoms with Gasteiger partial charge >= 0.3 is 0 Å². The largest absolute Gasteiger partial charge is 0.356 e. The molecule has 1 fully saturated rings. The van der Waals surface area contributed by atoms with E-state index in [4.69, 9.17) is 5.73 Å². The van der Waals surface area contributed by atoms with E-state index < -0.39 is 0 Å². The van der Waals surface area contributed by atoms with Gasteiger partial charge in [0, 0.05) is 12.2 Å². The number of nitrogens with one attached hydrogen (secondary N) is 1. The summed E-state index contributed by atoms with van der Waals surface area (Å²) in [5.41, 5.74) is 7.19. The summed E-state index contributed by atoms with van der Waals surface area (Å²) in [5.74, 6) is 0.734. The van der Waals surface area contributed by atoms with Crippen molar-refractivity contribution >= 4 is 15.9 Å². The number of hydrogen-bond acceptors (Lipinski definition) is 1. The first-order valence-corrected chi connectivity index (χ1v) is 4.66. The van der Waals surface area contributed by atoms with Gasteiger partial charge in [-0.05, 0) is 46.3 Å². The van der Waals surface area contributed by atoms with Crippen LogP contribution in [0.25, 0.3) is 0 Å². The molecular weight excluding hydrogens is 204 g/mol. The Balaban J connectivity index is 2.14. The van der Waals surface area contributed by atoms with Crippen LogP contribution in [0.15, 0.2) is 16.9 Å². The maximum absolute atomic E-state index is 5.97. The van der Waals surface area contributed by atoms with Gasteiger partial charge in [0.25, 0.3) is 0 Å². The minimum Gasteiger partial charge on any atom is -0.356 e. The van der Waals surface area contributed by atoms with E-state index in [2.05, 4.69) is 27.0 Å². The van der Waals surface area contributed by atoms with Crippen LogP contribution in [0.3, 0.4) is 0 Å². The molecule has 1 saturated carbocycles. The minimum atomic E-state index is 0.248. The second-order valence-electron chi connectivity index (χ2n) is 3.14. The first-order valence-electron chi connectivity index (χ1n) is 3.87. The van der Waals surface area contributed by atoms with Crippen molar-refractivity contribution in [1.82, 2.24) is 4.98 Å². The summed E-state index contributed by atoms with van der Waals surface area (Å²) in [4.78, 5) is 3.07. The molecule has 1 atom stereocenters. The van der Waals surface area contributed by atoms with Gasteiger partial charge in [0.05, 0.1) is 4.60 Å². The Labute approximate surface area is 74.3 Å². The van der Waals surface area contributed by atoms with E-state index >= 15 is 0 Å². The molecule has 0 spiro atoms. The Bertz CT molecular complexity index is 252. The third-order valence-electron chi connectivity index (χ3n) is 2.18. The van der Waals surface area contributed by atoms with Crippen LogP contribution in [0.4, 0.5) is 0 Å². The fourth-order valence-corrected chi connectivity index (χ4v) is 1.68. The van der Waals surface area contributed by atoms with Crippen molar-refractivity contribution in [2.45, 2.75) is 18.9 Å². The summed E-state index contributed by atoms with van der Waals surface area (Å²) >= 11 is 3.36. The van der Waals surface area contributed by atoms with Crippen LogP contribution in [-0.2, 0) is 0 Å². The van der Waals surface area contributed by atoms with Gasteiger partial charge in [-0.2, -0.15) is 0 Å². The standard InChI is InChI=1S/C8H11BrN2/c9-7-3-6(4-11-7)8(10)5-1-2-5/h3-5,8,11H,1-2,10H2/t8-/m1/s1. The molecule has 0 aliphatic heterocycles. The van der Waals surface area contributed by atoms with E-state index in [-0.39, 0.29) is 6.04 Å². The molecule has 1 aliphatic carbocycles. The number of rotatable bonds is 2. The smallest absolute Gasteiger partial charge is 0.0823 e. The Morgan fingerprint density at radius 2 is 2.36 bits per heavy atom. The fraction of sp³-hybridized carbons (Fsp3) is 0.500. The second-order valence-corrected chi connectivity index (χ2v) is 4.00. The van der Waals surface area contributed by atoms with Crippen molar-refractivity contribution in [2.24, 2.45) is 11.7 Å². The average molecular weight is 215 g/mol. The highest BCUT2D eigenvalue weighted by Crippen LogP contribution is 2.39. The van der Waals surface area contributed by atoms with Gasteiger partial charge in [-0.3, -0.25) is 0 Å². The van der Waals surface area contributed by atoms with E-state index in [1.807, 2.05) is 6.20 Å². The van der Waals surface area contributed by atoms with E-state index in [0.717, 1.165) is 10.5 Å². The monoisotopic (exact) mass is 214 g/mol. The van der Waals surface area contributed by atoms with Gasteiger partial charge in [0.15, 0.2) is 0 Å². The van der Waals surface area contributed by atoms with Crippen molar-refractivity contribution < 1.29 is 0 Å². The topological polar surface area (TPSA) is 41.8 Å². The number of halogens is 1. The van der Waals surface area contributed by atoms with Crippen molar-refractivity contribution in [3.63, 3.8) is 0 Å². The molecule has 60 valence electrons. The average Bonchev–Trinajstić information content (AvgIpc) is 2.74. The summed E-state index contributed by atoms with van der Waals surface area (Å²) < 4.78 is 1.02. The Morgan fingerprint density at radius 3 is 2.82 bits per heavy atom. The van der Waals surface area contributed by atoms with Crippen LogP contribution in [0.1, 0.15) is 24.4 Å². The number of hydrogen-bond donors (Lipinski definition) is 2. The number of aromatic nitrogens is 1. The van der Waals surface area contributed by atoms with Gasteiger partial charge in [-0.15, -0.1) is 0 Å². The first-order chi connectivity index (χ1) is 5.27. The van der Waals surface area contributed by atoms with Crippen LogP contribution >= 0.6 is 15.9 Å². The van der Waals surface area contributed by atoms with Crippen LogP contribution in [-0.4, -0.2) is 4.98 Å². The van der Waals surface area contributed by atoms with Gasteiger partial charge in [0.2, 0.25) is 0 Å². The molecular formula is C8H11BrN2. The third kappa shape index (κ3) is 1.49. The molecule has 2 nitrogen and oxygen atoms in total. The highest BCUT2D eigenvalue weighted by atomic mass is 79.9. The fourth-order valence-electron chi connectivity index (χ4n) is 1.30. The summed E-state index contributed by atoms with van der Waals surface area (Å²) in [6.45, 7) is 0. The number of aromatic amines is 1. The second kappa shape index (κ2) is 2.64. The molecule has 11 heavy (non-hydrogen) atoms. The maximum Gasteiger partial charge on any atom is 0.0823 e. The van der Waals surface area contributed by atoms with E-state index in [0.29, 0.717) is 0 Å². The highest BCUT2D eigenvalue weighted by molar-refractivity contribution is 9.10. The lowest BCUT2D eigenvalue weighted by molar-refractivity contribution is 0.634. The molecule has 1 aromatic rings. The molecule has 0 unspecified atom stereocenters. The zero-order chi connectivity index (χ0) is 7.84. The summed E-state index contributed by atoms with van der Waals surface area (Å²) in [5, 5.41) is 0. The molecule has 0 amide bonds. The highest BCUT2D eigenvalue weighted by Gasteiger charge is 2.29. The lowest BCUT2D eigenvalue weighted by atomic mass is 10.1. The van der Waals surface area contributed by atoms with Crippen molar-refractivity contribution in [3.05, 3.63) is 22.4 Å². The molecule has 0 saturated heterocycles. The number of H-pyrrole nitrogens is 1. The molecule has 2 rings (SSSR count). The molecule has 0 radical (unpaired) electrons. The molecule has 1 aromatic heterocycles.